The molecule has 9 atom stereocenters. The lowest BCUT2D eigenvalue weighted by molar-refractivity contribution is -0.227. The van der Waals surface area contributed by atoms with Crippen LogP contribution in [-0.2, 0) is 0 Å². The van der Waals surface area contributed by atoms with Crippen molar-refractivity contribution in [1.82, 2.24) is 0 Å². The maximum absolute atomic E-state index is 10.8. The van der Waals surface area contributed by atoms with Gasteiger partial charge < -0.3 is 5.11 Å². The van der Waals surface area contributed by atoms with E-state index in [2.05, 4.69) is 67.2 Å². The molecule has 0 unspecified atom stereocenters. The number of aliphatic hydroxyl groups is 1. The van der Waals surface area contributed by atoms with Crippen molar-refractivity contribution >= 4 is 0 Å². The molecule has 180 valence electrons. The third-order valence-electron chi connectivity index (χ3n) is 13.3. The molecule has 1 nitrogen and oxygen atoms in total. The van der Waals surface area contributed by atoms with Crippen LogP contribution in [0.5, 0.6) is 0 Å². The summed E-state index contributed by atoms with van der Waals surface area (Å²) in [6.07, 6.45) is 16.7. The lowest BCUT2D eigenvalue weighted by Crippen LogP contribution is -2.65. The van der Waals surface area contributed by atoms with E-state index in [0.29, 0.717) is 33.3 Å². The Morgan fingerprint density at radius 3 is 2.28 bits per heavy atom. The van der Waals surface area contributed by atoms with E-state index in [1.54, 1.807) is 0 Å². The average Bonchev–Trinajstić information content (AvgIpc) is 3.12. The highest BCUT2D eigenvalue weighted by Crippen LogP contribution is 2.77. The van der Waals surface area contributed by atoms with Crippen LogP contribution in [0.4, 0.5) is 0 Å². The summed E-state index contributed by atoms with van der Waals surface area (Å²) in [5.41, 5.74) is 1.49. The number of hydrogen-bond acceptors (Lipinski definition) is 1. The van der Waals surface area contributed by atoms with Gasteiger partial charge in [0.1, 0.15) is 0 Å². The van der Waals surface area contributed by atoms with Crippen LogP contribution in [0.25, 0.3) is 0 Å². The minimum absolute atomic E-state index is 0.0785. The van der Waals surface area contributed by atoms with E-state index in [1.165, 1.54) is 51.4 Å². The highest BCUT2D eigenvalue weighted by molar-refractivity contribution is 5.24. The van der Waals surface area contributed by atoms with Crippen molar-refractivity contribution in [3.05, 3.63) is 24.5 Å². The standard InChI is InChI=1S/C31H50O/c1-9-31-17-12-21(20(2)3)26(31)22-10-11-24-28(6)15-14-25(32)27(4,5)23(28)13-16-30(24,8)29(22,7)18-19-31/h9,14,20-24,26,32H,1,10-13,15-19H2,2-8H3/t21-,22+,23-,24+,26+,28-,29+,30+,31+/m0/s1. The van der Waals surface area contributed by atoms with Crippen LogP contribution in [0.2, 0.25) is 0 Å². The topological polar surface area (TPSA) is 20.2 Å². The zero-order valence-electron chi connectivity index (χ0n) is 22.1. The highest BCUT2D eigenvalue weighted by Gasteiger charge is 2.70. The number of allylic oxidation sites excluding steroid dienone is 3. The molecule has 0 aliphatic heterocycles. The fourth-order valence-corrected chi connectivity index (χ4v) is 11.4. The van der Waals surface area contributed by atoms with E-state index in [4.69, 9.17) is 0 Å². The summed E-state index contributed by atoms with van der Waals surface area (Å²) >= 11 is 0. The Hall–Kier alpha value is -0.720. The quantitative estimate of drug-likeness (QED) is 0.426. The molecule has 32 heavy (non-hydrogen) atoms. The maximum atomic E-state index is 10.8. The Kier molecular flexibility index (Phi) is 4.98. The summed E-state index contributed by atoms with van der Waals surface area (Å²) in [5.74, 6) is 5.38. The first-order valence-corrected chi connectivity index (χ1v) is 13.9. The normalized spacial score (nSPS) is 54.1. The number of hydrogen-bond donors (Lipinski definition) is 1. The zero-order valence-corrected chi connectivity index (χ0v) is 22.1. The first-order valence-electron chi connectivity index (χ1n) is 13.9. The van der Waals surface area contributed by atoms with Gasteiger partial charge in [-0.25, -0.2) is 0 Å². The van der Waals surface area contributed by atoms with Gasteiger partial charge in [-0.15, -0.1) is 6.58 Å². The Morgan fingerprint density at radius 2 is 1.62 bits per heavy atom. The SMILES string of the molecule is C=C[C@]12CC[C@@H](C(C)C)[C@@H]1[C@H]1CC[C@@H]3[C@@]4(C)CC=C(O)C(C)(C)[C@@H]4CC[C@@]3(C)[C@]1(C)CC2. The molecule has 1 N–H and O–H groups in total. The van der Waals surface area contributed by atoms with Crippen LogP contribution in [0, 0.1) is 62.6 Å². The summed E-state index contributed by atoms with van der Waals surface area (Å²) in [7, 11) is 0. The first-order chi connectivity index (χ1) is 14.9. The van der Waals surface area contributed by atoms with Gasteiger partial charge in [0.15, 0.2) is 0 Å². The second kappa shape index (κ2) is 6.91. The average molecular weight is 439 g/mol. The van der Waals surface area contributed by atoms with Crippen molar-refractivity contribution in [2.45, 2.75) is 106 Å². The Bertz CT molecular complexity index is 820. The van der Waals surface area contributed by atoms with E-state index in [0.717, 1.165) is 36.0 Å². The summed E-state index contributed by atoms with van der Waals surface area (Å²) in [6, 6.07) is 0. The van der Waals surface area contributed by atoms with Crippen molar-refractivity contribution in [3.63, 3.8) is 0 Å². The molecule has 0 amide bonds. The van der Waals surface area contributed by atoms with Crippen LogP contribution < -0.4 is 0 Å². The smallest absolute Gasteiger partial charge is 0.0942 e. The van der Waals surface area contributed by atoms with E-state index >= 15 is 0 Å². The molecule has 5 rings (SSSR count). The maximum Gasteiger partial charge on any atom is 0.0942 e. The molecule has 0 radical (unpaired) electrons. The van der Waals surface area contributed by atoms with Crippen LogP contribution >= 0.6 is 0 Å². The van der Waals surface area contributed by atoms with E-state index in [1.807, 2.05) is 0 Å². The largest absolute Gasteiger partial charge is 0.512 e. The Morgan fingerprint density at radius 1 is 0.906 bits per heavy atom. The molecule has 0 heterocycles. The second-order valence-electron chi connectivity index (χ2n) is 14.6. The van der Waals surface area contributed by atoms with Gasteiger partial charge >= 0.3 is 0 Å². The van der Waals surface area contributed by atoms with Gasteiger partial charge in [-0.2, -0.15) is 0 Å². The monoisotopic (exact) mass is 438 g/mol. The van der Waals surface area contributed by atoms with E-state index in [-0.39, 0.29) is 5.41 Å². The minimum Gasteiger partial charge on any atom is -0.512 e. The van der Waals surface area contributed by atoms with E-state index in [9.17, 15) is 5.11 Å². The summed E-state index contributed by atoms with van der Waals surface area (Å²) in [6.45, 7) is 22.1. The molecule has 0 aromatic rings. The molecule has 0 spiro atoms. The lowest BCUT2D eigenvalue weighted by Gasteiger charge is -2.72. The van der Waals surface area contributed by atoms with Crippen molar-refractivity contribution < 1.29 is 5.11 Å². The molecule has 5 aliphatic carbocycles. The van der Waals surface area contributed by atoms with Crippen molar-refractivity contribution in [2.75, 3.05) is 0 Å². The predicted octanol–water partition coefficient (Wildman–Crippen LogP) is 8.96. The molecule has 0 aromatic carbocycles. The molecule has 0 bridgehead atoms. The summed E-state index contributed by atoms with van der Waals surface area (Å²) in [4.78, 5) is 0. The third kappa shape index (κ3) is 2.58. The van der Waals surface area contributed by atoms with Crippen LogP contribution in [0.15, 0.2) is 24.5 Å². The fourth-order valence-electron chi connectivity index (χ4n) is 11.4. The molecule has 0 aromatic heterocycles. The highest BCUT2D eigenvalue weighted by atomic mass is 16.3. The fraction of sp³-hybridized carbons (Fsp3) is 0.871. The van der Waals surface area contributed by atoms with Gasteiger partial charge in [-0.05, 0) is 121 Å². The first kappa shape index (κ1) is 23.0. The van der Waals surface area contributed by atoms with Crippen molar-refractivity contribution in [2.24, 2.45) is 62.6 Å². The van der Waals surface area contributed by atoms with Gasteiger partial charge in [0.05, 0.1) is 5.76 Å². The van der Waals surface area contributed by atoms with Gasteiger partial charge in [0.25, 0.3) is 0 Å². The lowest BCUT2D eigenvalue weighted by atomic mass is 9.32. The van der Waals surface area contributed by atoms with Gasteiger partial charge in [-0.3, -0.25) is 0 Å². The molecule has 4 saturated carbocycles. The minimum atomic E-state index is -0.0785. The van der Waals surface area contributed by atoms with Crippen LogP contribution in [-0.4, -0.2) is 5.11 Å². The van der Waals surface area contributed by atoms with Gasteiger partial charge in [0, 0.05) is 5.41 Å². The molecule has 1 heteroatoms. The predicted molar refractivity (Wildman–Crippen MR) is 135 cm³/mol. The van der Waals surface area contributed by atoms with E-state index < -0.39 is 0 Å². The number of rotatable bonds is 2. The Balaban J connectivity index is 1.56. The van der Waals surface area contributed by atoms with Gasteiger partial charge in [0.2, 0.25) is 0 Å². The Labute approximate surface area is 198 Å². The van der Waals surface area contributed by atoms with Crippen molar-refractivity contribution in [3.8, 4) is 0 Å². The second-order valence-corrected chi connectivity index (χ2v) is 14.6. The number of fused-ring (bicyclic) bond motifs is 7. The molecule has 0 saturated heterocycles. The van der Waals surface area contributed by atoms with Crippen LogP contribution in [0.1, 0.15) is 106 Å². The molecule has 4 fully saturated rings. The summed E-state index contributed by atoms with van der Waals surface area (Å²) in [5, 5.41) is 10.8. The van der Waals surface area contributed by atoms with Crippen LogP contribution in [0.3, 0.4) is 0 Å². The third-order valence-corrected chi connectivity index (χ3v) is 13.3. The zero-order chi connectivity index (χ0) is 23.3. The molecule has 5 aliphatic rings. The molecular formula is C31H50O. The molecular weight excluding hydrogens is 388 g/mol. The number of aliphatic hydroxyl groups excluding tert-OH is 1. The van der Waals surface area contributed by atoms with Crippen molar-refractivity contribution in [1.29, 1.82) is 0 Å². The van der Waals surface area contributed by atoms with Gasteiger partial charge in [-0.1, -0.05) is 54.5 Å². The summed E-state index contributed by atoms with van der Waals surface area (Å²) < 4.78 is 0.